The van der Waals surface area contributed by atoms with Gasteiger partial charge in [0.25, 0.3) is 5.91 Å². The minimum atomic E-state index is -0.389. The molecule has 5 nitrogen and oxygen atoms in total. The summed E-state index contributed by atoms with van der Waals surface area (Å²) in [5, 5.41) is 0. The maximum Gasteiger partial charge on any atom is 0.276 e. The van der Waals surface area contributed by atoms with Crippen LogP contribution in [0.2, 0.25) is 0 Å². The highest BCUT2D eigenvalue weighted by Crippen LogP contribution is 2.21. The van der Waals surface area contributed by atoms with Gasteiger partial charge in [-0.25, -0.2) is 0 Å². The number of nitrogens with one attached hydrogen (secondary N) is 2. The third kappa shape index (κ3) is 5.99. The minimum absolute atomic E-state index is 0.157. The number of rotatable bonds is 7. The zero-order chi connectivity index (χ0) is 18.9. The van der Waals surface area contributed by atoms with E-state index in [1.165, 1.54) is 5.56 Å². The van der Waals surface area contributed by atoms with E-state index >= 15 is 0 Å². The standard InChI is InChI=1S/C22H24N2O3/c25-21(15-18-10-4-5-11-18)23-24-22(26)16-27-20-13-7-6-12-19(20)14-17-8-2-1-3-9-17/h1-4,6-10,12-13,18H,5,11,14-16H2,(H,23,25)(H,24,26)/t18-/m0/s1. The number of hydrazine groups is 1. The highest BCUT2D eigenvalue weighted by Gasteiger charge is 2.14. The quantitative estimate of drug-likeness (QED) is 0.586. The van der Waals surface area contributed by atoms with Crippen LogP contribution in [-0.4, -0.2) is 18.4 Å². The van der Waals surface area contributed by atoms with E-state index in [0.717, 1.165) is 24.8 Å². The first kappa shape index (κ1) is 18.7. The van der Waals surface area contributed by atoms with Gasteiger partial charge < -0.3 is 4.74 Å². The van der Waals surface area contributed by atoms with Crippen LogP contribution in [-0.2, 0) is 16.0 Å². The largest absolute Gasteiger partial charge is 0.483 e. The van der Waals surface area contributed by atoms with E-state index in [9.17, 15) is 9.59 Å². The van der Waals surface area contributed by atoms with Gasteiger partial charge in [0.05, 0.1) is 0 Å². The molecule has 0 fully saturated rings. The van der Waals surface area contributed by atoms with Gasteiger partial charge in [-0.2, -0.15) is 0 Å². The van der Waals surface area contributed by atoms with Crippen molar-refractivity contribution in [3.63, 3.8) is 0 Å². The average Bonchev–Trinajstić information content (AvgIpc) is 3.19. The van der Waals surface area contributed by atoms with Gasteiger partial charge in [0, 0.05) is 12.8 Å². The smallest absolute Gasteiger partial charge is 0.276 e. The Balaban J connectivity index is 1.46. The van der Waals surface area contributed by atoms with Crippen molar-refractivity contribution in [1.82, 2.24) is 10.9 Å². The van der Waals surface area contributed by atoms with Crippen LogP contribution in [0.25, 0.3) is 0 Å². The third-order valence-corrected chi connectivity index (χ3v) is 4.47. The van der Waals surface area contributed by atoms with E-state index in [4.69, 9.17) is 4.74 Å². The number of ether oxygens (including phenoxy) is 1. The summed E-state index contributed by atoms with van der Waals surface area (Å²) >= 11 is 0. The highest BCUT2D eigenvalue weighted by atomic mass is 16.5. The van der Waals surface area contributed by atoms with Crippen molar-refractivity contribution in [3.8, 4) is 5.75 Å². The molecule has 27 heavy (non-hydrogen) atoms. The van der Waals surface area contributed by atoms with E-state index in [1.54, 1.807) is 0 Å². The molecule has 0 saturated heterocycles. The molecule has 0 aliphatic heterocycles. The number of benzene rings is 2. The second kappa shape index (κ2) is 9.57. The molecule has 0 spiro atoms. The van der Waals surface area contributed by atoms with Gasteiger partial charge in [0.1, 0.15) is 5.75 Å². The maximum atomic E-state index is 12.0. The molecule has 0 aromatic heterocycles. The fourth-order valence-corrected chi connectivity index (χ4v) is 3.08. The Labute approximate surface area is 159 Å². The van der Waals surface area contributed by atoms with E-state index in [0.29, 0.717) is 12.2 Å². The summed E-state index contributed by atoms with van der Waals surface area (Å²) in [6, 6.07) is 17.7. The van der Waals surface area contributed by atoms with Crippen molar-refractivity contribution in [2.45, 2.75) is 25.7 Å². The Bertz CT molecular complexity index is 802. The molecule has 1 atom stereocenters. The number of allylic oxidation sites excluding steroid dienone is 2. The van der Waals surface area contributed by atoms with Gasteiger partial charge in [-0.3, -0.25) is 20.4 Å². The Hall–Kier alpha value is -3.08. The number of para-hydroxylation sites is 1. The molecule has 0 unspecified atom stereocenters. The van der Waals surface area contributed by atoms with Crippen molar-refractivity contribution >= 4 is 11.8 Å². The lowest BCUT2D eigenvalue weighted by molar-refractivity contribution is -0.130. The SMILES string of the molecule is O=C(COc1ccccc1Cc1ccccc1)NNC(=O)C[C@H]1C=CCC1. The van der Waals surface area contributed by atoms with Crippen LogP contribution in [0.1, 0.15) is 30.4 Å². The summed E-state index contributed by atoms with van der Waals surface area (Å²) in [5.74, 6) is 0.353. The van der Waals surface area contributed by atoms with E-state index in [1.807, 2.05) is 48.5 Å². The Morgan fingerprint density at radius 1 is 0.963 bits per heavy atom. The van der Waals surface area contributed by atoms with Crippen molar-refractivity contribution < 1.29 is 14.3 Å². The zero-order valence-electron chi connectivity index (χ0n) is 15.2. The molecule has 0 bridgehead atoms. The topological polar surface area (TPSA) is 67.4 Å². The van der Waals surface area contributed by atoms with Gasteiger partial charge in [-0.05, 0) is 36.0 Å². The van der Waals surface area contributed by atoms with E-state index in [2.05, 4.69) is 29.1 Å². The first-order chi connectivity index (χ1) is 13.2. The number of hydrogen-bond donors (Lipinski definition) is 2. The molecule has 3 rings (SSSR count). The third-order valence-electron chi connectivity index (χ3n) is 4.47. The summed E-state index contributed by atoms with van der Waals surface area (Å²) in [6.45, 7) is -0.157. The summed E-state index contributed by atoms with van der Waals surface area (Å²) in [5.41, 5.74) is 7.04. The normalized spacial score (nSPS) is 15.3. The minimum Gasteiger partial charge on any atom is -0.483 e. The summed E-state index contributed by atoms with van der Waals surface area (Å²) < 4.78 is 5.66. The average molecular weight is 364 g/mol. The molecule has 2 N–H and O–H groups in total. The lowest BCUT2D eigenvalue weighted by Crippen LogP contribution is -2.44. The van der Waals surface area contributed by atoms with Crippen LogP contribution in [0, 0.1) is 5.92 Å². The van der Waals surface area contributed by atoms with Crippen LogP contribution in [0.5, 0.6) is 5.75 Å². The van der Waals surface area contributed by atoms with Crippen LogP contribution in [0.3, 0.4) is 0 Å². The fourth-order valence-electron chi connectivity index (χ4n) is 3.08. The van der Waals surface area contributed by atoms with Gasteiger partial charge >= 0.3 is 0 Å². The molecular formula is C22H24N2O3. The van der Waals surface area contributed by atoms with E-state index in [-0.39, 0.29) is 24.3 Å². The first-order valence-corrected chi connectivity index (χ1v) is 9.19. The molecule has 0 heterocycles. The van der Waals surface area contributed by atoms with Crippen molar-refractivity contribution in [1.29, 1.82) is 0 Å². The number of carbonyl (C=O) groups excluding carboxylic acids is 2. The fraction of sp³-hybridized carbons (Fsp3) is 0.273. The number of carbonyl (C=O) groups is 2. The second-order valence-electron chi connectivity index (χ2n) is 6.62. The summed E-state index contributed by atoms with van der Waals surface area (Å²) in [6.07, 6.45) is 7.25. The lowest BCUT2D eigenvalue weighted by atomic mass is 10.0. The molecule has 2 aromatic rings. The van der Waals surface area contributed by atoms with Crippen LogP contribution < -0.4 is 15.6 Å². The van der Waals surface area contributed by atoms with Crippen molar-refractivity contribution in [3.05, 3.63) is 77.9 Å². The molecule has 0 radical (unpaired) electrons. The molecule has 1 aliphatic carbocycles. The number of hydrogen-bond acceptors (Lipinski definition) is 3. The van der Waals surface area contributed by atoms with Gasteiger partial charge in [0.15, 0.2) is 6.61 Å². The van der Waals surface area contributed by atoms with Crippen molar-refractivity contribution in [2.24, 2.45) is 5.92 Å². The van der Waals surface area contributed by atoms with Gasteiger partial charge in [-0.1, -0.05) is 60.7 Å². The van der Waals surface area contributed by atoms with Crippen LogP contribution in [0.4, 0.5) is 0 Å². The Morgan fingerprint density at radius 3 is 2.48 bits per heavy atom. The Kier molecular flexibility index (Phi) is 6.63. The van der Waals surface area contributed by atoms with Crippen LogP contribution >= 0.6 is 0 Å². The lowest BCUT2D eigenvalue weighted by Gasteiger charge is -2.13. The second-order valence-corrected chi connectivity index (χ2v) is 6.62. The summed E-state index contributed by atoms with van der Waals surface area (Å²) in [4.78, 5) is 23.8. The summed E-state index contributed by atoms with van der Waals surface area (Å²) in [7, 11) is 0. The monoisotopic (exact) mass is 364 g/mol. The van der Waals surface area contributed by atoms with Gasteiger partial charge in [-0.15, -0.1) is 0 Å². The molecule has 0 saturated carbocycles. The molecule has 140 valence electrons. The zero-order valence-corrected chi connectivity index (χ0v) is 15.2. The molecular weight excluding hydrogens is 340 g/mol. The van der Waals surface area contributed by atoms with Crippen LogP contribution in [0.15, 0.2) is 66.7 Å². The molecule has 2 amide bonds. The maximum absolute atomic E-state index is 12.0. The predicted molar refractivity (Wildman–Crippen MR) is 104 cm³/mol. The predicted octanol–water partition coefficient (Wildman–Crippen LogP) is 3.16. The van der Waals surface area contributed by atoms with E-state index < -0.39 is 0 Å². The van der Waals surface area contributed by atoms with Gasteiger partial charge in [0.2, 0.25) is 5.91 Å². The van der Waals surface area contributed by atoms with Crippen molar-refractivity contribution in [2.75, 3.05) is 6.61 Å². The molecule has 1 aliphatic rings. The number of amides is 2. The molecule has 2 aromatic carbocycles. The highest BCUT2D eigenvalue weighted by molar-refractivity contribution is 5.83. The Morgan fingerprint density at radius 2 is 1.70 bits per heavy atom. The molecule has 5 heteroatoms. The first-order valence-electron chi connectivity index (χ1n) is 9.19.